The Bertz CT molecular complexity index is 396. The predicted molar refractivity (Wildman–Crippen MR) is 51.0 cm³/mol. The highest BCUT2D eigenvalue weighted by atomic mass is 79.9. The lowest BCUT2D eigenvalue weighted by molar-refractivity contribution is 1.27. The quantitative estimate of drug-likeness (QED) is 0.668. The van der Waals surface area contributed by atoms with Crippen LogP contribution >= 0.6 is 28.6 Å². The molecule has 56 valence electrons. The third-order valence-electron chi connectivity index (χ3n) is 1.44. The molecule has 0 aliphatic heterocycles. The molecule has 0 aliphatic carbocycles. The number of fused-ring (bicyclic) bond motifs is 1. The van der Waals surface area contributed by atoms with Crippen molar-refractivity contribution in [3.05, 3.63) is 22.9 Å². The molecule has 0 bridgehead atoms. The Morgan fingerprint density at radius 2 is 2.27 bits per heavy atom. The van der Waals surface area contributed by atoms with Gasteiger partial charge >= 0.3 is 0 Å². The average molecular weight is 229 g/mol. The van der Waals surface area contributed by atoms with Crippen LogP contribution in [0, 0.1) is 0 Å². The van der Waals surface area contributed by atoms with Gasteiger partial charge in [0.1, 0.15) is 0 Å². The molecule has 1 heterocycles. The Morgan fingerprint density at radius 3 is 3.09 bits per heavy atom. The van der Waals surface area contributed by atoms with E-state index in [0.717, 1.165) is 20.7 Å². The van der Waals surface area contributed by atoms with Gasteiger partial charge in [-0.15, -0.1) is 12.6 Å². The summed E-state index contributed by atoms with van der Waals surface area (Å²) in [6.45, 7) is 0. The minimum atomic E-state index is 0.756. The van der Waals surface area contributed by atoms with Crippen LogP contribution in [0.1, 0.15) is 0 Å². The summed E-state index contributed by atoms with van der Waals surface area (Å²) in [4.78, 5) is 8.18. The van der Waals surface area contributed by atoms with Crippen LogP contribution in [0.3, 0.4) is 0 Å². The Morgan fingerprint density at radius 1 is 1.45 bits per heavy atom. The van der Waals surface area contributed by atoms with Crippen LogP contribution in [0.5, 0.6) is 0 Å². The van der Waals surface area contributed by atoms with Crippen molar-refractivity contribution in [2.45, 2.75) is 4.90 Å². The van der Waals surface area contributed by atoms with Crippen molar-refractivity contribution >= 4 is 39.6 Å². The fourth-order valence-corrected chi connectivity index (χ4v) is 1.57. The third kappa shape index (κ3) is 1.28. The summed E-state index contributed by atoms with van der Waals surface area (Å²) < 4.78 is 0.756. The molecule has 2 rings (SSSR count). The molecule has 1 aromatic heterocycles. The van der Waals surface area contributed by atoms with E-state index >= 15 is 0 Å². The molecular weight excluding hydrogens is 224 g/mol. The van der Waals surface area contributed by atoms with E-state index in [0.29, 0.717) is 0 Å². The Hall–Kier alpha value is -0.480. The average Bonchev–Trinajstić information content (AvgIpc) is 2.27. The normalized spacial score (nSPS) is 10.7. The van der Waals surface area contributed by atoms with Crippen LogP contribution in [0.4, 0.5) is 0 Å². The van der Waals surface area contributed by atoms with Gasteiger partial charge in [-0.05, 0) is 34.1 Å². The zero-order valence-electron chi connectivity index (χ0n) is 5.50. The highest BCUT2D eigenvalue weighted by Gasteiger charge is 1.98. The Balaban J connectivity index is 2.82. The van der Waals surface area contributed by atoms with E-state index in [1.807, 2.05) is 18.2 Å². The number of aromatic amines is 1. The number of nitrogens with one attached hydrogen (secondary N) is 1. The molecule has 0 spiro atoms. The fraction of sp³-hybridized carbons (Fsp3) is 0. The largest absolute Gasteiger partial charge is 0.332 e. The molecular formula is C7H5BrN2S. The van der Waals surface area contributed by atoms with Crippen molar-refractivity contribution < 1.29 is 0 Å². The summed E-state index contributed by atoms with van der Waals surface area (Å²) in [7, 11) is 0. The van der Waals surface area contributed by atoms with Crippen molar-refractivity contribution in [2.75, 3.05) is 0 Å². The summed E-state index contributed by atoms with van der Waals surface area (Å²) >= 11 is 7.46. The monoisotopic (exact) mass is 228 g/mol. The molecule has 0 unspecified atom stereocenters. The molecule has 0 radical (unpaired) electrons. The van der Waals surface area contributed by atoms with Crippen LogP contribution in [0.15, 0.2) is 27.8 Å². The van der Waals surface area contributed by atoms with Gasteiger partial charge in [-0.1, -0.05) is 0 Å². The number of hydrogen-bond acceptors (Lipinski definition) is 2. The van der Waals surface area contributed by atoms with Crippen LogP contribution in [-0.4, -0.2) is 9.97 Å². The second-order valence-corrected chi connectivity index (χ2v) is 3.50. The van der Waals surface area contributed by atoms with E-state index in [1.165, 1.54) is 0 Å². The van der Waals surface area contributed by atoms with Gasteiger partial charge in [0.25, 0.3) is 0 Å². The topological polar surface area (TPSA) is 28.7 Å². The molecule has 0 amide bonds. The second-order valence-electron chi connectivity index (χ2n) is 2.23. The number of rotatable bonds is 0. The molecule has 1 aromatic carbocycles. The van der Waals surface area contributed by atoms with Gasteiger partial charge in [-0.3, -0.25) is 0 Å². The highest BCUT2D eigenvalue weighted by molar-refractivity contribution is 9.10. The lowest BCUT2D eigenvalue weighted by atomic mass is 10.3. The summed E-state index contributed by atoms with van der Waals surface area (Å²) in [5.41, 5.74) is 1.96. The zero-order chi connectivity index (χ0) is 7.84. The van der Waals surface area contributed by atoms with Crippen LogP contribution < -0.4 is 0 Å². The first-order valence-corrected chi connectivity index (χ1v) is 4.34. The number of benzene rings is 1. The maximum Gasteiger partial charge on any atom is 0.175 e. The van der Waals surface area contributed by atoms with Gasteiger partial charge in [0, 0.05) is 4.90 Å². The smallest absolute Gasteiger partial charge is 0.175 e. The van der Waals surface area contributed by atoms with Crippen molar-refractivity contribution in [1.29, 1.82) is 0 Å². The molecule has 0 saturated carbocycles. The standard InChI is InChI=1S/C7H5BrN2S/c8-7-9-5-2-1-4(11)3-6(5)10-7/h1-3,11H,(H,9,10). The summed E-state index contributed by atoms with van der Waals surface area (Å²) in [5.74, 6) is 0. The molecule has 0 fully saturated rings. The van der Waals surface area contributed by atoms with Crippen LogP contribution in [0.25, 0.3) is 11.0 Å². The van der Waals surface area contributed by atoms with Crippen LogP contribution in [0.2, 0.25) is 0 Å². The second kappa shape index (κ2) is 2.53. The zero-order valence-corrected chi connectivity index (χ0v) is 7.98. The Labute approximate surface area is 77.6 Å². The number of thiol groups is 1. The number of H-pyrrole nitrogens is 1. The van der Waals surface area contributed by atoms with Gasteiger partial charge in [-0.2, -0.15) is 0 Å². The third-order valence-corrected chi connectivity index (χ3v) is 2.09. The SMILES string of the molecule is Sc1ccc2nc(Br)[nH]c2c1. The Kier molecular flexibility index (Phi) is 1.65. The molecule has 2 nitrogen and oxygen atoms in total. The van der Waals surface area contributed by atoms with Crippen molar-refractivity contribution in [3.63, 3.8) is 0 Å². The molecule has 0 aliphatic rings. The van der Waals surface area contributed by atoms with Crippen molar-refractivity contribution in [1.82, 2.24) is 9.97 Å². The summed E-state index contributed by atoms with van der Waals surface area (Å²) in [6, 6.07) is 5.79. The molecule has 11 heavy (non-hydrogen) atoms. The predicted octanol–water partition coefficient (Wildman–Crippen LogP) is 2.61. The molecule has 0 saturated heterocycles. The first-order valence-electron chi connectivity index (χ1n) is 3.10. The number of halogens is 1. The van der Waals surface area contributed by atoms with Crippen LogP contribution in [-0.2, 0) is 0 Å². The van der Waals surface area contributed by atoms with E-state index in [1.54, 1.807) is 0 Å². The first-order chi connectivity index (χ1) is 5.25. The number of aromatic nitrogens is 2. The van der Waals surface area contributed by atoms with E-state index < -0.39 is 0 Å². The fourth-order valence-electron chi connectivity index (χ4n) is 0.966. The van der Waals surface area contributed by atoms with E-state index in [-0.39, 0.29) is 0 Å². The van der Waals surface area contributed by atoms with Gasteiger partial charge in [0.2, 0.25) is 0 Å². The maximum atomic E-state index is 4.21. The van der Waals surface area contributed by atoms with Crippen molar-refractivity contribution in [2.24, 2.45) is 0 Å². The molecule has 2 aromatic rings. The first kappa shape index (κ1) is 7.18. The molecule has 1 N–H and O–H groups in total. The van der Waals surface area contributed by atoms with Gasteiger partial charge in [0.15, 0.2) is 4.73 Å². The van der Waals surface area contributed by atoms with E-state index in [4.69, 9.17) is 0 Å². The number of hydrogen-bond donors (Lipinski definition) is 2. The number of imidazole rings is 1. The van der Waals surface area contributed by atoms with Gasteiger partial charge < -0.3 is 4.98 Å². The minimum absolute atomic E-state index is 0.756. The van der Waals surface area contributed by atoms with E-state index in [2.05, 4.69) is 38.5 Å². The maximum absolute atomic E-state index is 4.21. The van der Waals surface area contributed by atoms with Crippen molar-refractivity contribution in [3.8, 4) is 0 Å². The lowest BCUT2D eigenvalue weighted by Gasteiger charge is -1.88. The lowest BCUT2D eigenvalue weighted by Crippen LogP contribution is -1.68. The van der Waals surface area contributed by atoms with Gasteiger partial charge in [-0.25, -0.2) is 4.98 Å². The van der Waals surface area contributed by atoms with Gasteiger partial charge in [0.05, 0.1) is 11.0 Å². The van der Waals surface area contributed by atoms with E-state index in [9.17, 15) is 0 Å². The highest BCUT2D eigenvalue weighted by Crippen LogP contribution is 2.17. The molecule has 4 heteroatoms. The number of nitrogens with zero attached hydrogens (tertiary/aromatic N) is 1. The summed E-state index contributed by atoms with van der Waals surface area (Å²) in [6.07, 6.45) is 0. The summed E-state index contributed by atoms with van der Waals surface area (Å²) in [5, 5.41) is 0. The molecule has 0 atom stereocenters. The minimum Gasteiger partial charge on any atom is -0.332 e.